The van der Waals surface area contributed by atoms with Crippen LogP contribution in [0.1, 0.15) is 11.1 Å². The van der Waals surface area contributed by atoms with Crippen molar-refractivity contribution in [3.8, 4) is 6.07 Å². The van der Waals surface area contributed by atoms with Crippen LogP contribution in [0.25, 0.3) is 0 Å². The van der Waals surface area contributed by atoms with Crippen LogP contribution in [-0.2, 0) is 6.54 Å². The van der Waals surface area contributed by atoms with Crippen molar-refractivity contribution in [2.45, 2.75) is 6.54 Å². The fraction of sp³-hybridized carbons (Fsp3) is 0.125. The minimum Gasteiger partial charge on any atom is -0.399 e. The third-order valence-corrected chi connectivity index (χ3v) is 2.99. The first-order chi connectivity index (χ1) is 10.1. The van der Waals surface area contributed by atoms with Crippen LogP contribution >= 0.6 is 0 Å². The van der Waals surface area contributed by atoms with E-state index in [0.717, 1.165) is 5.56 Å². The summed E-state index contributed by atoms with van der Waals surface area (Å²) in [5.41, 5.74) is 8.42. The summed E-state index contributed by atoms with van der Waals surface area (Å²) < 4.78 is 0. The number of nitrogens with one attached hydrogen (secondary N) is 1. The lowest BCUT2D eigenvalue weighted by molar-refractivity contribution is 0.220. The van der Waals surface area contributed by atoms with E-state index in [0.29, 0.717) is 23.5 Å². The van der Waals surface area contributed by atoms with Gasteiger partial charge in [0.05, 0.1) is 11.6 Å². The van der Waals surface area contributed by atoms with E-state index >= 15 is 0 Å². The molecule has 2 rings (SSSR count). The molecule has 5 heteroatoms. The lowest BCUT2D eigenvalue weighted by Crippen LogP contribution is -2.30. The predicted molar refractivity (Wildman–Crippen MR) is 82.5 cm³/mol. The summed E-state index contributed by atoms with van der Waals surface area (Å²) in [5.74, 6) is 0. The number of nitrogens with two attached hydrogens (primary N) is 1. The van der Waals surface area contributed by atoms with Crippen LogP contribution in [0.4, 0.5) is 16.2 Å². The van der Waals surface area contributed by atoms with Gasteiger partial charge in [-0.25, -0.2) is 4.79 Å². The monoisotopic (exact) mass is 280 g/mol. The van der Waals surface area contributed by atoms with E-state index in [9.17, 15) is 4.79 Å². The number of benzene rings is 2. The lowest BCUT2D eigenvalue weighted by atomic mass is 10.2. The second kappa shape index (κ2) is 6.44. The Hall–Kier alpha value is -3.00. The van der Waals surface area contributed by atoms with E-state index in [1.807, 2.05) is 18.2 Å². The Labute approximate surface area is 123 Å². The number of nitriles is 1. The average molecular weight is 280 g/mol. The molecule has 0 aliphatic heterocycles. The number of carbonyl (C=O) groups excluding carboxylic acids is 1. The molecule has 0 heterocycles. The summed E-state index contributed by atoms with van der Waals surface area (Å²) in [6.45, 7) is 0.476. The second-order valence-corrected chi connectivity index (χ2v) is 4.72. The third-order valence-electron chi connectivity index (χ3n) is 2.99. The largest absolute Gasteiger partial charge is 0.399 e. The topological polar surface area (TPSA) is 82.2 Å². The molecule has 0 unspecified atom stereocenters. The molecule has 2 aromatic carbocycles. The number of hydrogen-bond acceptors (Lipinski definition) is 3. The van der Waals surface area contributed by atoms with Crippen LogP contribution in [0.5, 0.6) is 0 Å². The number of nitrogens with zero attached hydrogens (tertiary/aromatic N) is 2. The molecule has 5 nitrogen and oxygen atoms in total. The molecule has 0 spiro atoms. The van der Waals surface area contributed by atoms with Gasteiger partial charge in [0.15, 0.2) is 0 Å². The van der Waals surface area contributed by atoms with Gasteiger partial charge in [-0.1, -0.05) is 18.2 Å². The zero-order valence-electron chi connectivity index (χ0n) is 11.7. The Morgan fingerprint density at radius 2 is 2.00 bits per heavy atom. The molecule has 21 heavy (non-hydrogen) atoms. The molecule has 0 aliphatic carbocycles. The summed E-state index contributed by atoms with van der Waals surface area (Å²) in [6, 6.07) is 16.0. The number of hydrogen-bond donors (Lipinski definition) is 2. The lowest BCUT2D eigenvalue weighted by Gasteiger charge is -2.18. The highest BCUT2D eigenvalue weighted by Crippen LogP contribution is 2.12. The van der Waals surface area contributed by atoms with Gasteiger partial charge in [0.25, 0.3) is 0 Å². The van der Waals surface area contributed by atoms with Crippen molar-refractivity contribution < 1.29 is 4.79 Å². The molecule has 2 aromatic rings. The molecule has 0 saturated carbocycles. The fourth-order valence-corrected chi connectivity index (χ4v) is 1.85. The Balaban J connectivity index is 1.99. The van der Waals surface area contributed by atoms with Crippen LogP contribution in [0.15, 0.2) is 48.5 Å². The SMILES string of the molecule is CN(Cc1ccc(N)cc1)C(=O)Nc1cccc(C#N)c1. The highest BCUT2D eigenvalue weighted by molar-refractivity contribution is 5.89. The zero-order valence-corrected chi connectivity index (χ0v) is 11.7. The average Bonchev–Trinajstić information content (AvgIpc) is 2.49. The van der Waals surface area contributed by atoms with E-state index in [-0.39, 0.29) is 6.03 Å². The number of anilines is 2. The van der Waals surface area contributed by atoms with Gasteiger partial charge in [0.2, 0.25) is 0 Å². The van der Waals surface area contributed by atoms with Crippen molar-refractivity contribution in [3.05, 3.63) is 59.7 Å². The van der Waals surface area contributed by atoms with Gasteiger partial charge in [0, 0.05) is 25.0 Å². The zero-order chi connectivity index (χ0) is 15.2. The van der Waals surface area contributed by atoms with Crippen LogP contribution in [0.3, 0.4) is 0 Å². The second-order valence-electron chi connectivity index (χ2n) is 4.72. The van der Waals surface area contributed by atoms with Gasteiger partial charge in [0.1, 0.15) is 0 Å². The van der Waals surface area contributed by atoms with Gasteiger partial charge in [-0.3, -0.25) is 0 Å². The van der Waals surface area contributed by atoms with E-state index in [2.05, 4.69) is 5.32 Å². The van der Waals surface area contributed by atoms with E-state index < -0.39 is 0 Å². The van der Waals surface area contributed by atoms with Crippen LogP contribution < -0.4 is 11.1 Å². The Morgan fingerprint density at radius 3 is 2.67 bits per heavy atom. The van der Waals surface area contributed by atoms with Gasteiger partial charge in [-0.05, 0) is 35.9 Å². The minimum absolute atomic E-state index is 0.234. The molecular formula is C16H16N4O. The van der Waals surface area contributed by atoms with E-state index in [1.54, 1.807) is 48.3 Å². The van der Waals surface area contributed by atoms with Gasteiger partial charge in [-0.2, -0.15) is 5.26 Å². The fourth-order valence-electron chi connectivity index (χ4n) is 1.85. The molecule has 0 fully saturated rings. The van der Waals surface area contributed by atoms with Crippen molar-refractivity contribution in [2.75, 3.05) is 18.1 Å². The number of urea groups is 1. The highest BCUT2D eigenvalue weighted by atomic mass is 16.2. The van der Waals surface area contributed by atoms with Crippen molar-refractivity contribution in [3.63, 3.8) is 0 Å². The maximum absolute atomic E-state index is 12.1. The summed E-state index contributed by atoms with van der Waals surface area (Å²) in [4.78, 5) is 13.7. The number of rotatable bonds is 3. The molecule has 2 amide bonds. The maximum atomic E-state index is 12.1. The Kier molecular flexibility index (Phi) is 4.42. The minimum atomic E-state index is -0.234. The van der Waals surface area contributed by atoms with Crippen molar-refractivity contribution in [2.24, 2.45) is 0 Å². The molecule has 0 atom stereocenters. The van der Waals surface area contributed by atoms with Crippen LogP contribution in [0, 0.1) is 11.3 Å². The molecule has 0 aromatic heterocycles. The van der Waals surface area contributed by atoms with Crippen molar-refractivity contribution in [1.29, 1.82) is 5.26 Å². The van der Waals surface area contributed by atoms with Crippen LogP contribution in [0.2, 0.25) is 0 Å². The maximum Gasteiger partial charge on any atom is 0.321 e. The van der Waals surface area contributed by atoms with Gasteiger partial charge in [-0.15, -0.1) is 0 Å². The first-order valence-electron chi connectivity index (χ1n) is 6.45. The molecule has 0 aliphatic rings. The first-order valence-corrected chi connectivity index (χ1v) is 6.45. The molecule has 3 N–H and O–H groups in total. The third kappa shape index (κ3) is 3.98. The standard InChI is InChI=1S/C16H16N4O/c1-20(11-12-5-7-14(18)8-6-12)16(21)19-15-4-2-3-13(9-15)10-17/h2-9H,11,18H2,1H3,(H,19,21). The van der Waals surface area contributed by atoms with E-state index in [4.69, 9.17) is 11.0 Å². The summed E-state index contributed by atoms with van der Waals surface area (Å²) in [7, 11) is 1.71. The van der Waals surface area contributed by atoms with Gasteiger partial charge < -0.3 is 16.0 Å². The Bertz CT molecular complexity index is 673. The van der Waals surface area contributed by atoms with Crippen LogP contribution in [-0.4, -0.2) is 18.0 Å². The summed E-state index contributed by atoms with van der Waals surface area (Å²) in [6.07, 6.45) is 0. The molecule has 106 valence electrons. The molecule has 0 radical (unpaired) electrons. The molecule has 0 saturated heterocycles. The number of nitrogen functional groups attached to an aromatic ring is 1. The Morgan fingerprint density at radius 1 is 1.29 bits per heavy atom. The van der Waals surface area contributed by atoms with E-state index in [1.165, 1.54) is 0 Å². The smallest absolute Gasteiger partial charge is 0.321 e. The molecular weight excluding hydrogens is 264 g/mol. The normalized spacial score (nSPS) is 9.71. The quantitative estimate of drug-likeness (QED) is 0.848. The van der Waals surface area contributed by atoms with Crippen molar-refractivity contribution in [1.82, 2.24) is 4.90 Å². The summed E-state index contributed by atoms with van der Waals surface area (Å²) >= 11 is 0. The highest BCUT2D eigenvalue weighted by Gasteiger charge is 2.09. The summed E-state index contributed by atoms with van der Waals surface area (Å²) in [5, 5.41) is 11.6. The predicted octanol–water partition coefficient (Wildman–Crippen LogP) is 2.80. The first kappa shape index (κ1) is 14.4. The van der Waals surface area contributed by atoms with Crippen molar-refractivity contribution >= 4 is 17.4 Å². The number of carbonyl (C=O) groups is 1. The number of amides is 2. The van der Waals surface area contributed by atoms with Gasteiger partial charge >= 0.3 is 6.03 Å². The molecule has 0 bridgehead atoms.